The Hall–Kier alpha value is -1.12. The van der Waals surface area contributed by atoms with Gasteiger partial charge in [0, 0.05) is 19.5 Å². The number of likely N-dealkylation sites (tertiary alicyclic amines) is 1. The van der Waals surface area contributed by atoms with Crippen LogP contribution in [0.25, 0.3) is 0 Å². The molecule has 3 nitrogen and oxygen atoms in total. The van der Waals surface area contributed by atoms with E-state index >= 15 is 0 Å². The van der Waals surface area contributed by atoms with Crippen LogP contribution in [0.3, 0.4) is 0 Å². The molecule has 1 heterocycles. The second-order valence-corrected chi connectivity index (χ2v) is 2.49. The maximum absolute atomic E-state index is 11.0. The lowest BCUT2D eigenvalue weighted by molar-refractivity contribution is -0.139. The van der Waals surface area contributed by atoms with Crippen molar-refractivity contribution in [3.05, 3.63) is 12.2 Å². The van der Waals surface area contributed by atoms with Gasteiger partial charge in [-0.3, -0.25) is 9.59 Å². The number of carbonyl (C=O) groups is 2. The molecule has 0 aromatic heterocycles. The van der Waals surface area contributed by atoms with E-state index in [0.29, 0.717) is 19.5 Å². The van der Waals surface area contributed by atoms with Crippen molar-refractivity contribution >= 4 is 11.7 Å². The number of rotatable bonds is 2. The zero-order chi connectivity index (χ0) is 8.27. The van der Waals surface area contributed by atoms with Crippen LogP contribution in [0.5, 0.6) is 0 Å². The van der Waals surface area contributed by atoms with Gasteiger partial charge in [0.15, 0.2) is 0 Å². The fourth-order valence-electron chi connectivity index (χ4n) is 1.03. The van der Waals surface area contributed by atoms with Gasteiger partial charge in [0.05, 0.1) is 0 Å². The number of carbonyl (C=O) groups excluding carboxylic acids is 2. The molecule has 1 aliphatic rings. The average molecular weight is 153 g/mol. The maximum atomic E-state index is 11.0. The van der Waals surface area contributed by atoms with Crippen molar-refractivity contribution in [2.75, 3.05) is 13.1 Å². The Kier molecular flexibility index (Phi) is 2.41. The van der Waals surface area contributed by atoms with E-state index in [2.05, 4.69) is 0 Å². The van der Waals surface area contributed by atoms with E-state index in [1.54, 1.807) is 4.90 Å². The zero-order valence-electron chi connectivity index (χ0n) is 6.54. The van der Waals surface area contributed by atoms with Crippen LogP contribution in [-0.2, 0) is 9.59 Å². The summed E-state index contributed by atoms with van der Waals surface area (Å²) in [4.78, 5) is 23.2. The van der Waals surface area contributed by atoms with Crippen molar-refractivity contribution < 1.29 is 9.59 Å². The maximum Gasteiger partial charge on any atom is 0.290 e. The van der Waals surface area contributed by atoms with Gasteiger partial charge in [0.1, 0.15) is 0 Å². The molecule has 1 saturated heterocycles. The molecule has 0 aliphatic carbocycles. The van der Waals surface area contributed by atoms with Crippen LogP contribution in [0.2, 0.25) is 0 Å². The van der Waals surface area contributed by atoms with E-state index in [1.165, 1.54) is 0 Å². The number of hydrogen-bond donors (Lipinski definition) is 0. The largest absolute Gasteiger partial charge is 0.332 e. The number of nitrogens with zero attached hydrogens (tertiary/aromatic N) is 1. The Bertz CT molecular complexity index is 208. The molecule has 11 heavy (non-hydrogen) atoms. The minimum Gasteiger partial charge on any atom is -0.332 e. The highest BCUT2D eigenvalue weighted by molar-refractivity contribution is 6.37. The van der Waals surface area contributed by atoms with Gasteiger partial charge in [-0.25, -0.2) is 0 Å². The van der Waals surface area contributed by atoms with Gasteiger partial charge in [-0.05, 0) is 6.92 Å². The van der Waals surface area contributed by atoms with Gasteiger partial charge >= 0.3 is 0 Å². The minimum absolute atomic E-state index is 0.255. The van der Waals surface area contributed by atoms with Crippen molar-refractivity contribution in [3.8, 4) is 0 Å². The molecule has 0 spiro atoms. The van der Waals surface area contributed by atoms with E-state index in [4.69, 9.17) is 0 Å². The highest BCUT2D eigenvalue weighted by atomic mass is 16.2. The third kappa shape index (κ3) is 1.67. The summed E-state index contributed by atoms with van der Waals surface area (Å²) in [5.41, 5.74) is 0. The lowest BCUT2D eigenvalue weighted by atomic mass is 10.3. The third-order valence-corrected chi connectivity index (χ3v) is 1.70. The molecule has 0 aromatic rings. The van der Waals surface area contributed by atoms with E-state index in [1.807, 2.05) is 19.1 Å². The summed E-state index contributed by atoms with van der Waals surface area (Å²) in [5, 5.41) is 0. The highest BCUT2D eigenvalue weighted by Crippen LogP contribution is 2.05. The lowest BCUT2D eigenvalue weighted by Gasteiger charge is -2.09. The van der Waals surface area contributed by atoms with Crippen molar-refractivity contribution in [1.82, 2.24) is 4.90 Å². The van der Waals surface area contributed by atoms with Crippen LogP contribution >= 0.6 is 0 Å². The third-order valence-electron chi connectivity index (χ3n) is 1.70. The molecular formula is C8H11NO2. The summed E-state index contributed by atoms with van der Waals surface area (Å²) in [7, 11) is 0. The predicted molar refractivity (Wildman–Crippen MR) is 41.0 cm³/mol. The summed E-state index contributed by atoms with van der Waals surface area (Å²) in [6, 6.07) is 0. The molecule has 1 amide bonds. The topological polar surface area (TPSA) is 37.4 Å². The molecule has 0 radical (unpaired) electrons. The Morgan fingerprint density at radius 2 is 2.27 bits per heavy atom. The van der Waals surface area contributed by atoms with Crippen molar-refractivity contribution in [2.45, 2.75) is 13.3 Å². The van der Waals surface area contributed by atoms with Crippen LogP contribution in [0.4, 0.5) is 0 Å². The molecule has 1 fully saturated rings. The van der Waals surface area contributed by atoms with Crippen molar-refractivity contribution in [3.63, 3.8) is 0 Å². The van der Waals surface area contributed by atoms with Gasteiger partial charge < -0.3 is 4.90 Å². The van der Waals surface area contributed by atoms with Crippen LogP contribution in [0.1, 0.15) is 13.3 Å². The van der Waals surface area contributed by atoms with Gasteiger partial charge in [-0.1, -0.05) is 12.2 Å². The summed E-state index contributed by atoms with van der Waals surface area (Å²) in [5.74, 6) is -0.586. The van der Waals surface area contributed by atoms with E-state index in [0.717, 1.165) is 0 Å². The van der Waals surface area contributed by atoms with Crippen LogP contribution in [0, 0.1) is 0 Å². The molecule has 0 bridgehead atoms. The molecule has 1 aliphatic heterocycles. The smallest absolute Gasteiger partial charge is 0.290 e. The monoisotopic (exact) mass is 153 g/mol. The van der Waals surface area contributed by atoms with Crippen molar-refractivity contribution in [1.29, 1.82) is 0 Å². The fourth-order valence-corrected chi connectivity index (χ4v) is 1.03. The Labute approximate surface area is 65.7 Å². The predicted octanol–water partition coefficient (Wildman–Crippen LogP) is 0.364. The molecule has 0 unspecified atom stereocenters. The summed E-state index contributed by atoms with van der Waals surface area (Å²) in [6.45, 7) is 3.05. The quantitative estimate of drug-likeness (QED) is 0.424. The lowest BCUT2D eigenvalue weighted by Crippen LogP contribution is -2.27. The van der Waals surface area contributed by atoms with Crippen LogP contribution < -0.4 is 0 Å². The first-order chi connectivity index (χ1) is 5.25. The Morgan fingerprint density at radius 1 is 1.55 bits per heavy atom. The first kappa shape index (κ1) is 7.98. The Morgan fingerprint density at radius 3 is 2.73 bits per heavy atom. The zero-order valence-corrected chi connectivity index (χ0v) is 6.54. The van der Waals surface area contributed by atoms with Crippen LogP contribution in [-0.4, -0.2) is 29.7 Å². The van der Waals surface area contributed by atoms with E-state index in [-0.39, 0.29) is 11.7 Å². The highest BCUT2D eigenvalue weighted by Gasteiger charge is 2.27. The minimum atomic E-state index is -0.330. The number of amides is 1. The van der Waals surface area contributed by atoms with Gasteiger partial charge in [-0.2, -0.15) is 0 Å². The molecule has 60 valence electrons. The second-order valence-electron chi connectivity index (χ2n) is 2.49. The number of Topliss-reactive ketones (excluding diaryl/α,β-unsaturated/α-hetero) is 1. The number of hydrogen-bond acceptors (Lipinski definition) is 2. The van der Waals surface area contributed by atoms with Crippen LogP contribution in [0.15, 0.2) is 12.2 Å². The number of ketones is 1. The van der Waals surface area contributed by atoms with Gasteiger partial charge in [0.25, 0.3) is 5.91 Å². The van der Waals surface area contributed by atoms with E-state index < -0.39 is 0 Å². The Balaban J connectivity index is 2.49. The molecule has 0 aromatic carbocycles. The average Bonchev–Trinajstić information content (AvgIpc) is 2.31. The SMILES string of the molecule is C/C=C/CN1CCC(=O)C1=O. The van der Waals surface area contributed by atoms with Gasteiger partial charge in [-0.15, -0.1) is 0 Å². The second kappa shape index (κ2) is 3.32. The molecular weight excluding hydrogens is 142 g/mol. The van der Waals surface area contributed by atoms with Crippen molar-refractivity contribution in [2.24, 2.45) is 0 Å². The summed E-state index contributed by atoms with van der Waals surface area (Å²) < 4.78 is 0. The molecule has 3 heteroatoms. The standard InChI is InChI=1S/C8H11NO2/c1-2-3-5-9-6-4-7(10)8(9)11/h2-3H,4-6H2,1H3/b3-2+. The fraction of sp³-hybridized carbons (Fsp3) is 0.500. The van der Waals surface area contributed by atoms with E-state index in [9.17, 15) is 9.59 Å². The molecule has 0 saturated carbocycles. The molecule has 0 N–H and O–H groups in total. The number of allylic oxidation sites excluding steroid dienone is 1. The molecule has 1 rings (SSSR count). The summed E-state index contributed by atoms with van der Waals surface area (Å²) in [6.07, 6.45) is 4.13. The first-order valence-corrected chi connectivity index (χ1v) is 3.69. The molecule has 0 atom stereocenters. The van der Waals surface area contributed by atoms with Gasteiger partial charge in [0.2, 0.25) is 5.78 Å². The first-order valence-electron chi connectivity index (χ1n) is 3.69. The summed E-state index contributed by atoms with van der Waals surface area (Å²) >= 11 is 0. The normalized spacial score (nSPS) is 18.8.